The van der Waals surface area contributed by atoms with Crippen LogP contribution in [-0.2, 0) is 6.54 Å². The molecule has 0 radical (unpaired) electrons. The zero-order valence-electron chi connectivity index (χ0n) is 14.3. The van der Waals surface area contributed by atoms with E-state index in [1.165, 1.54) is 18.4 Å². The van der Waals surface area contributed by atoms with Crippen molar-refractivity contribution in [2.75, 3.05) is 31.5 Å². The van der Waals surface area contributed by atoms with E-state index >= 15 is 0 Å². The number of nitrogens with zero attached hydrogens (tertiary/aromatic N) is 4. The summed E-state index contributed by atoms with van der Waals surface area (Å²) in [6.07, 6.45) is 2.38. The van der Waals surface area contributed by atoms with Gasteiger partial charge < -0.3 is 10.2 Å². The fourth-order valence-electron chi connectivity index (χ4n) is 3.07. The second-order valence-corrected chi connectivity index (χ2v) is 6.78. The molecule has 4 rings (SSSR count). The van der Waals surface area contributed by atoms with Gasteiger partial charge in [0.2, 0.25) is 0 Å². The van der Waals surface area contributed by atoms with Crippen LogP contribution in [0.15, 0.2) is 42.5 Å². The SMILES string of the molecule is O=C(c1ccc(NC2CC2)nn1)N1CCN(Cc2ccccc2)CC1. The van der Waals surface area contributed by atoms with Crippen LogP contribution in [0.5, 0.6) is 0 Å². The van der Waals surface area contributed by atoms with Gasteiger partial charge in [0.05, 0.1) is 0 Å². The van der Waals surface area contributed by atoms with Crippen molar-refractivity contribution in [2.24, 2.45) is 0 Å². The van der Waals surface area contributed by atoms with Crippen LogP contribution in [-0.4, -0.2) is 58.1 Å². The molecular weight excluding hydrogens is 314 g/mol. The lowest BCUT2D eigenvalue weighted by molar-refractivity contribution is 0.0621. The number of nitrogens with one attached hydrogen (secondary N) is 1. The van der Waals surface area contributed by atoms with E-state index in [0.717, 1.165) is 38.5 Å². The summed E-state index contributed by atoms with van der Waals surface area (Å²) in [5, 5.41) is 11.5. The van der Waals surface area contributed by atoms with Crippen molar-refractivity contribution in [1.29, 1.82) is 0 Å². The van der Waals surface area contributed by atoms with Gasteiger partial charge in [-0.2, -0.15) is 0 Å². The van der Waals surface area contributed by atoms with E-state index in [9.17, 15) is 4.79 Å². The highest BCUT2D eigenvalue weighted by Gasteiger charge is 2.24. The molecule has 1 aliphatic heterocycles. The maximum Gasteiger partial charge on any atom is 0.274 e. The minimum atomic E-state index is -0.0233. The van der Waals surface area contributed by atoms with Crippen LogP contribution in [0.1, 0.15) is 28.9 Å². The van der Waals surface area contributed by atoms with E-state index in [2.05, 4.69) is 44.7 Å². The fourth-order valence-corrected chi connectivity index (χ4v) is 3.07. The summed E-state index contributed by atoms with van der Waals surface area (Å²) in [5.41, 5.74) is 1.74. The van der Waals surface area contributed by atoms with E-state index in [1.54, 1.807) is 6.07 Å². The molecule has 2 aliphatic rings. The lowest BCUT2D eigenvalue weighted by Gasteiger charge is -2.34. The van der Waals surface area contributed by atoms with Crippen LogP contribution >= 0.6 is 0 Å². The van der Waals surface area contributed by atoms with Gasteiger partial charge in [-0.15, -0.1) is 10.2 Å². The number of hydrogen-bond acceptors (Lipinski definition) is 5. The summed E-state index contributed by atoms with van der Waals surface area (Å²) in [6, 6.07) is 14.6. The van der Waals surface area contributed by atoms with Gasteiger partial charge in [0.25, 0.3) is 5.91 Å². The smallest absolute Gasteiger partial charge is 0.274 e. The van der Waals surface area contributed by atoms with Crippen LogP contribution < -0.4 is 5.32 Å². The second kappa shape index (κ2) is 7.19. The van der Waals surface area contributed by atoms with Crippen LogP contribution in [0.4, 0.5) is 5.82 Å². The number of aromatic nitrogens is 2. The first-order valence-corrected chi connectivity index (χ1v) is 8.94. The quantitative estimate of drug-likeness (QED) is 0.904. The van der Waals surface area contributed by atoms with Gasteiger partial charge in [-0.05, 0) is 30.5 Å². The van der Waals surface area contributed by atoms with Gasteiger partial charge in [0, 0.05) is 38.8 Å². The summed E-state index contributed by atoms with van der Waals surface area (Å²) < 4.78 is 0. The van der Waals surface area contributed by atoms with Crippen molar-refractivity contribution >= 4 is 11.7 Å². The third-order valence-electron chi connectivity index (χ3n) is 4.72. The van der Waals surface area contributed by atoms with E-state index in [-0.39, 0.29) is 5.91 Å². The molecule has 0 bridgehead atoms. The Morgan fingerprint density at radius 3 is 2.40 bits per heavy atom. The molecule has 2 fully saturated rings. The molecule has 1 aromatic carbocycles. The molecule has 1 N–H and O–H groups in total. The van der Waals surface area contributed by atoms with Gasteiger partial charge in [-0.25, -0.2) is 0 Å². The molecular formula is C19H23N5O. The fraction of sp³-hybridized carbons (Fsp3) is 0.421. The summed E-state index contributed by atoms with van der Waals surface area (Å²) in [5.74, 6) is 0.733. The zero-order chi connectivity index (χ0) is 17.1. The molecule has 1 saturated heterocycles. The van der Waals surface area contributed by atoms with E-state index in [0.29, 0.717) is 11.7 Å². The molecule has 1 amide bonds. The van der Waals surface area contributed by atoms with Crippen LogP contribution in [0, 0.1) is 0 Å². The largest absolute Gasteiger partial charge is 0.366 e. The molecule has 0 atom stereocenters. The first kappa shape index (κ1) is 16.0. The summed E-state index contributed by atoms with van der Waals surface area (Å²) in [6.45, 7) is 4.17. The summed E-state index contributed by atoms with van der Waals surface area (Å²) in [4.78, 5) is 16.9. The highest BCUT2D eigenvalue weighted by molar-refractivity contribution is 5.92. The van der Waals surface area contributed by atoms with Crippen LogP contribution in [0.2, 0.25) is 0 Å². The molecule has 1 aromatic heterocycles. The van der Waals surface area contributed by atoms with E-state index in [1.807, 2.05) is 17.0 Å². The lowest BCUT2D eigenvalue weighted by Crippen LogP contribution is -2.48. The first-order chi connectivity index (χ1) is 12.3. The first-order valence-electron chi connectivity index (χ1n) is 8.94. The predicted molar refractivity (Wildman–Crippen MR) is 96.3 cm³/mol. The maximum absolute atomic E-state index is 12.6. The van der Waals surface area contributed by atoms with Gasteiger partial charge in [-0.1, -0.05) is 30.3 Å². The number of anilines is 1. The molecule has 1 aliphatic carbocycles. The molecule has 0 unspecified atom stereocenters. The van der Waals surface area contributed by atoms with Gasteiger partial charge >= 0.3 is 0 Å². The van der Waals surface area contributed by atoms with Gasteiger partial charge in [-0.3, -0.25) is 9.69 Å². The highest BCUT2D eigenvalue weighted by Crippen LogP contribution is 2.23. The van der Waals surface area contributed by atoms with Gasteiger partial charge in [0.1, 0.15) is 5.82 Å². The Morgan fingerprint density at radius 1 is 1.00 bits per heavy atom. The van der Waals surface area contributed by atoms with Crippen molar-refractivity contribution in [1.82, 2.24) is 20.0 Å². The minimum Gasteiger partial charge on any atom is -0.366 e. The number of rotatable bonds is 5. The molecule has 0 spiro atoms. The average molecular weight is 337 g/mol. The molecule has 2 aromatic rings. The minimum absolute atomic E-state index is 0.0233. The van der Waals surface area contributed by atoms with E-state index in [4.69, 9.17) is 0 Å². The Labute approximate surface area is 147 Å². The number of amides is 1. The second-order valence-electron chi connectivity index (χ2n) is 6.78. The summed E-state index contributed by atoms with van der Waals surface area (Å²) in [7, 11) is 0. The Morgan fingerprint density at radius 2 is 1.76 bits per heavy atom. The topological polar surface area (TPSA) is 61.4 Å². The third kappa shape index (κ3) is 4.14. The number of benzene rings is 1. The number of hydrogen-bond donors (Lipinski definition) is 1. The van der Waals surface area contributed by atoms with Gasteiger partial charge in [0.15, 0.2) is 5.69 Å². The zero-order valence-corrected chi connectivity index (χ0v) is 14.3. The monoisotopic (exact) mass is 337 g/mol. The van der Waals surface area contributed by atoms with Crippen LogP contribution in [0.25, 0.3) is 0 Å². The molecule has 130 valence electrons. The summed E-state index contributed by atoms with van der Waals surface area (Å²) >= 11 is 0. The Bertz CT molecular complexity index is 706. The highest BCUT2D eigenvalue weighted by atomic mass is 16.2. The van der Waals surface area contributed by atoms with Crippen molar-refractivity contribution in [2.45, 2.75) is 25.4 Å². The maximum atomic E-state index is 12.6. The Kier molecular flexibility index (Phi) is 4.61. The molecule has 6 heteroatoms. The Hall–Kier alpha value is -2.47. The molecule has 25 heavy (non-hydrogen) atoms. The Balaban J connectivity index is 1.30. The molecule has 1 saturated carbocycles. The standard InChI is InChI=1S/C19H23N5O/c25-19(17-8-9-18(22-21-17)20-16-6-7-16)24-12-10-23(11-13-24)14-15-4-2-1-3-5-15/h1-5,8-9,16H,6-7,10-14H2,(H,20,22). The number of carbonyl (C=O) groups excluding carboxylic acids is 1. The normalized spacial score (nSPS) is 18.2. The third-order valence-corrected chi connectivity index (χ3v) is 4.72. The van der Waals surface area contributed by atoms with Crippen LogP contribution in [0.3, 0.4) is 0 Å². The average Bonchev–Trinajstić information content (AvgIpc) is 3.47. The number of piperazine rings is 1. The van der Waals surface area contributed by atoms with Crippen molar-refractivity contribution in [3.63, 3.8) is 0 Å². The molecule has 6 nitrogen and oxygen atoms in total. The predicted octanol–water partition coefficient (Wildman–Crippen LogP) is 2.01. The lowest BCUT2D eigenvalue weighted by atomic mass is 10.2. The van der Waals surface area contributed by atoms with Crippen molar-refractivity contribution in [3.8, 4) is 0 Å². The number of carbonyl (C=O) groups is 1. The van der Waals surface area contributed by atoms with Crippen molar-refractivity contribution < 1.29 is 4.79 Å². The van der Waals surface area contributed by atoms with E-state index < -0.39 is 0 Å². The van der Waals surface area contributed by atoms with Crippen molar-refractivity contribution in [3.05, 3.63) is 53.7 Å². The molecule has 2 heterocycles.